The Kier molecular flexibility index (Phi) is 8.47. The Hall–Kier alpha value is -4.14. The van der Waals surface area contributed by atoms with Gasteiger partial charge >= 0.3 is 0 Å². The highest BCUT2D eigenvalue weighted by Crippen LogP contribution is 2.53. The van der Waals surface area contributed by atoms with Gasteiger partial charge in [0.25, 0.3) is 0 Å². The van der Waals surface area contributed by atoms with E-state index in [2.05, 4.69) is 6.07 Å². The molecule has 0 radical (unpaired) electrons. The number of carbonyl (C=O) groups is 3. The largest absolute Gasteiger partial charge is 0.507 e. The van der Waals surface area contributed by atoms with Gasteiger partial charge in [0.2, 0.25) is 5.78 Å². The highest BCUT2D eigenvalue weighted by molar-refractivity contribution is 6.32. The maximum Gasteiger partial charge on any atom is 0.202 e. The number of nitrogens with two attached hydrogens (primary N) is 1. The van der Waals surface area contributed by atoms with Gasteiger partial charge in [0.05, 0.1) is 66.6 Å². The molecule has 2 aromatic rings. The summed E-state index contributed by atoms with van der Waals surface area (Å²) in [5, 5.41) is 64.8. The second kappa shape index (κ2) is 12.1. The average molecular weight is 654 g/mol. The number of hydrogen-bond donors (Lipinski definition) is 6. The van der Waals surface area contributed by atoms with Crippen LogP contribution < -0.4 is 15.4 Å². The first kappa shape index (κ1) is 32.8. The minimum Gasteiger partial charge on any atom is -0.507 e. The molecule has 2 saturated heterocycles. The van der Waals surface area contributed by atoms with Crippen LogP contribution in [0.4, 0.5) is 5.69 Å². The highest BCUT2D eigenvalue weighted by atomic mass is 16.7. The lowest BCUT2D eigenvalue weighted by molar-refractivity contribution is -0.247. The van der Waals surface area contributed by atoms with Gasteiger partial charge in [-0.1, -0.05) is 0 Å². The van der Waals surface area contributed by atoms with Crippen molar-refractivity contribution in [1.82, 2.24) is 0 Å². The van der Waals surface area contributed by atoms with Gasteiger partial charge in [-0.3, -0.25) is 14.4 Å². The third kappa shape index (κ3) is 5.13. The minimum atomic E-state index is -2.31. The lowest BCUT2D eigenvalue weighted by Crippen LogP contribution is -2.53. The van der Waals surface area contributed by atoms with Crippen molar-refractivity contribution >= 4 is 23.0 Å². The van der Waals surface area contributed by atoms with Crippen LogP contribution in [0.5, 0.6) is 17.2 Å². The monoisotopic (exact) mass is 653 g/mol. The average Bonchev–Trinajstić information content (AvgIpc) is 3.06. The molecule has 15 nitrogen and oxygen atoms in total. The van der Waals surface area contributed by atoms with E-state index >= 15 is 0 Å². The second-order valence-corrected chi connectivity index (χ2v) is 12.2. The van der Waals surface area contributed by atoms with Crippen molar-refractivity contribution in [1.29, 1.82) is 5.26 Å². The third-order valence-electron chi connectivity index (χ3n) is 9.47. The molecule has 0 amide bonds. The Labute approximate surface area is 268 Å². The van der Waals surface area contributed by atoms with Crippen molar-refractivity contribution in [3.05, 3.63) is 45.0 Å². The zero-order chi connectivity index (χ0) is 33.9. The van der Waals surface area contributed by atoms with Crippen LogP contribution >= 0.6 is 0 Å². The zero-order valence-corrected chi connectivity index (χ0v) is 25.7. The summed E-state index contributed by atoms with van der Waals surface area (Å²) in [5.74, 6) is -4.36. The van der Waals surface area contributed by atoms with Gasteiger partial charge in [-0.05, 0) is 13.0 Å². The van der Waals surface area contributed by atoms with Crippen LogP contribution in [-0.2, 0) is 25.4 Å². The number of fused-ring (bicyclic) bond motifs is 3. The van der Waals surface area contributed by atoms with E-state index in [0.717, 1.165) is 0 Å². The van der Waals surface area contributed by atoms with E-state index < -0.39 is 95.7 Å². The van der Waals surface area contributed by atoms with Gasteiger partial charge in [-0.2, -0.15) is 5.26 Å². The Morgan fingerprint density at radius 1 is 1.17 bits per heavy atom. The van der Waals surface area contributed by atoms with E-state index in [9.17, 15) is 45.2 Å². The number of aromatic hydroxyl groups is 2. The molecule has 0 bridgehead atoms. The van der Waals surface area contributed by atoms with E-state index in [1.807, 2.05) is 0 Å². The Balaban J connectivity index is 1.54. The van der Waals surface area contributed by atoms with Gasteiger partial charge in [0.15, 0.2) is 23.6 Å². The Bertz CT molecular complexity index is 1700. The maximum atomic E-state index is 14.4. The fourth-order valence-electron chi connectivity index (χ4n) is 7.06. The molecule has 6 rings (SSSR count). The molecule has 0 spiro atoms. The molecule has 2 aliphatic heterocycles. The number of nitrogens with zero attached hydrogens (tertiary/aromatic N) is 2. The third-order valence-corrected chi connectivity index (χ3v) is 9.47. The number of ketones is 3. The number of carbonyl (C=O) groups excluding carboxylic acids is 3. The van der Waals surface area contributed by atoms with Crippen LogP contribution in [0.2, 0.25) is 0 Å². The van der Waals surface area contributed by atoms with Crippen molar-refractivity contribution < 1.29 is 58.9 Å². The van der Waals surface area contributed by atoms with Crippen LogP contribution in [0.3, 0.4) is 0 Å². The normalized spacial score (nSPS) is 28.6. The van der Waals surface area contributed by atoms with Crippen molar-refractivity contribution in [3.8, 4) is 23.3 Å². The number of hydrogen-bond acceptors (Lipinski definition) is 15. The van der Waals surface area contributed by atoms with Gasteiger partial charge in [-0.15, -0.1) is 0 Å². The van der Waals surface area contributed by atoms with Gasteiger partial charge in [0, 0.05) is 55.1 Å². The predicted octanol–water partition coefficient (Wildman–Crippen LogP) is -0.290. The number of Topliss-reactive ketones (excluding diaryl/α,β-unsaturated/α-hetero) is 1. The summed E-state index contributed by atoms with van der Waals surface area (Å²) in [4.78, 5) is 43.1. The summed E-state index contributed by atoms with van der Waals surface area (Å²) in [6, 6.07) is 2.52. The van der Waals surface area contributed by atoms with E-state index in [4.69, 9.17) is 24.7 Å². The predicted molar refractivity (Wildman–Crippen MR) is 160 cm³/mol. The molecule has 7 N–H and O–H groups in total. The molecular formula is C32H35N3O12. The zero-order valence-electron chi connectivity index (χ0n) is 25.7. The number of phenolic OH excluding ortho intramolecular Hbond substituents is 2. The van der Waals surface area contributed by atoms with Crippen molar-refractivity contribution in [2.45, 2.75) is 62.4 Å². The van der Waals surface area contributed by atoms with Crippen molar-refractivity contribution in [2.75, 3.05) is 44.9 Å². The summed E-state index contributed by atoms with van der Waals surface area (Å²) in [6.07, 6.45) is -5.46. The summed E-state index contributed by atoms with van der Waals surface area (Å²) in [5.41, 5.74) is 2.04. The lowest BCUT2D eigenvalue weighted by atomic mass is 9.71. The minimum absolute atomic E-state index is 0.0189. The molecule has 2 heterocycles. The van der Waals surface area contributed by atoms with E-state index in [0.29, 0.717) is 26.3 Å². The van der Waals surface area contributed by atoms with Crippen molar-refractivity contribution in [2.24, 2.45) is 5.73 Å². The number of rotatable bonds is 6. The topological polar surface area (TPSA) is 242 Å². The smallest absolute Gasteiger partial charge is 0.202 e. The molecule has 4 aliphatic rings. The molecule has 0 aromatic heterocycles. The first-order chi connectivity index (χ1) is 22.4. The quantitative estimate of drug-likeness (QED) is 0.187. The number of aliphatic hydroxyl groups excluding tert-OH is 2. The molecule has 0 unspecified atom stereocenters. The Morgan fingerprint density at radius 3 is 2.47 bits per heavy atom. The first-order valence-electron chi connectivity index (χ1n) is 15.2. The van der Waals surface area contributed by atoms with Gasteiger partial charge in [0.1, 0.15) is 29.8 Å². The van der Waals surface area contributed by atoms with Crippen molar-refractivity contribution in [3.63, 3.8) is 0 Å². The first-order valence-corrected chi connectivity index (χ1v) is 15.2. The van der Waals surface area contributed by atoms with Crippen LogP contribution in [0.15, 0.2) is 6.07 Å². The molecule has 47 heavy (non-hydrogen) atoms. The molecule has 6 atom stereocenters. The molecule has 0 saturated carbocycles. The number of aliphatic hydroxyl groups is 3. The van der Waals surface area contributed by atoms with Crippen LogP contribution in [0.25, 0.3) is 0 Å². The summed E-state index contributed by atoms with van der Waals surface area (Å²) in [6.45, 7) is 1.96. The SMILES string of the molecule is COc1c2c(cc(C#N)c1N1CCOCC1)C(=O)c1c(O)c3c(c(O)c1C2=O)[C@@H](O[C@H]1C[C@H](N)[C@H](O)[C@H](C)O1)C[C@](O)(C(=O)CO)C3. The number of benzene rings is 2. The van der Waals surface area contributed by atoms with Crippen LogP contribution in [-0.4, -0.2) is 113 Å². The number of ether oxygens (including phenoxy) is 4. The molecule has 2 aromatic carbocycles. The summed E-state index contributed by atoms with van der Waals surface area (Å²) < 4.78 is 22.9. The molecule has 2 aliphatic carbocycles. The Morgan fingerprint density at radius 2 is 1.85 bits per heavy atom. The maximum absolute atomic E-state index is 14.4. The number of methoxy groups -OCH3 is 1. The fraction of sp³-hybridized carbons (Fsp3) is 0.500. The van der Waals surface area contributed by atoms with E-state index in [1.54, 1.807) is 11.8 Å². The molecule has 250 valence electrons. The van der Waals surface area contributed by atoms with E-state index in [-0.39, 0.29) is 45.7 Å². The fourth-order valence-corrected chi connectivity index (χ4v) is 7.06. The lowest BCUT2D eigenvalue weighted by Gasteiger charge is -2.42. The number of anilines is 1. The van der Waals surface area contributed by atoms with Crippen LogP contribution in [0, 0.1) is 11.3 Å². The molecule has 15 heteroatoms. The number of phenols is 2. The standard InChI is InChI=1S/C32H35N3O12/c1-13-26(38)17(34)8-20(46-13)47-18-10-32(43,19(37)12-36)9-16-21(18)29(41)24-23(28(16)40)27(39)15-7-14(11-33)25(35-3-5-45-6-4-35)31(44-2)22(15)30(24)42/h7,13,17-18,20,26,36,38,40-41,43H,3-6,8-10,12,34H2,1-2H3/t13-,17-,18-,20-,26+,32-/m0/s1. The van der Waals surface area contributed by atoms with Gasteiger partial charge in [-0.25, -0.2) is 0 Å². The summed E-state index contributed by atoms with van der Waals surface area (Å²) >= 11 is 0. The number of morpholine rings is 1. The van der Waals surface area contributed by atoms with Gasteiger partial charge < -0.3 is 55.1 Å². The highest BCUT2D eigenvalue weighted by Gasteiger charge is 2.50. The van der Waals surface area contributed by atoms with E-state index in [1.165, 1.54) is 13.2 Å². The molecular weight excluding hydrogens is 618 g/mol. The van der Waals surface area contributed by atoms with Crippen LogP contribution in [0.1, 0.15) is 74.4 Å². The number of nitriles is 1. The molecule has 2 fully saturated rings. The second-order valence-electron chi connectivity index (χ2n) is 12.2. The summed E-state index contributed by atoms with van der Waals surface area (Å²) in [7, 11) is 1.29.